The minimum absolute atomic E-state index is 1.09. The molecule has 12 aromatic rings. The summed E-state index contributed by atoms with van der Waals surface area (Å²) in [6, 6.07) is 84.2. The predicted octanol–water partition coefficient (Wildman–Crippen LogP) is 16.8. The minimum atomic E-state index is 1.09. The molecule has 10 aromatic carbocycles. The summed E-state index contributed by atoms with van der Waals surface area (Å²) < 4.78 is 5.11. The standard InChI is InChI=1S/C58H38N2S/c1-3-17-40(18-4-1)52-37-41(45-27-15-20-39-19-7-8-23-44(39)45)33-36-55(52)59(42-21-5-2-6-22-42)43-34-35-48-46-24-9-12-30-53(46)60(56(48)38-43)54-31-13-10-25-47(54)50-28-16-29-51-49-26-11-14-32-57(49)61-58(50)51/h1-38H. The highest BCUT2D eigenvalue weighted by atomic mass is 32.1. The van der Waals surface area contributed by atoms with Gasteiger partial charge in [0.25, 0.3) is 0 Å². The van der Waals surface area contributed by atoms with E-state index in [9.17, 15) is 0 Å². The fraction of sp³-hybridized carbons (Fsp3) is 0. The summed E-state index contributed by atoms with van der Waals surface area (Å²) in [4.78, 5) is 2.43. The number of nitrogens with zero attached hydrogens (tertiary/aromatic N) is 2. The molecule has 0 bridgehead atoms. The van der Waals surface area contributed by atoms with E-state index >= 15 is 0 Å². The number of aromatic nitrogens is 1. The van der Waals surface area contributed by atoms with Crippen molar-refractivity contribution < 1.29 is 0 Å². The maximum Gasteiger partial charge on any atom is 0.0562 e. The van der Waals surface area contributed by atoms with Crippen molar-refractivity contribution in [1.29, 1.82) is 0 Å². The van der Waals surface area contributed by atoms with Crippen molar-refractivity contribution in [3.63, 3.8) is 0 Å². The molecule has 0 aliphatic heterocycles. The lowest BCUT2D eigenvalue weighted by molar-refractivity contribution is 1.18. The van der Waals surface area contributed by atoms with Gasteiger partial charge >= 0.3 is 0 Å². The molecule has 0 saturated heterocycles. The number of para-hydroxylation sites is 3. The molecule has 2 aromatic heterocycles. The SMILES string of the molecule is c1ccc(-c2cc(-c3cccc4ccccc34)ccc2N(c2ccccc2)c2ccc3c4ccccc4n(-c4ccccc4-c4cccc5c4sc4ccccc45)c3c2)cc1. The van der Waals surface area contributed by atoms with Gasteiger partial charge in [-0.1, -0.05) is 176 Å². The van der Waals surface area contributed by atoms with Crippen LogP contribution in [0.25, 0.3) is 91.8 Å². The van der Waals surface area contributed by atoms with E-state index in [2.05, 4.69) is 240 Å². The van der Waals surface area contributed by atoms with Gasteiger partial charge in [-0.15, -0.1) is 11.3 Å². The first-order chi connectivity index (χ1) is 30.3. The quantitative estimate of drug-likeness (QED) is 0.156. The Labute approximate surface area is 358 Å². The van der Waals surface area contributed by atoms with Gasteiger partial charge in [0.1, 0.15) is 0 Å². The molecule has 286 valence electrons. The molecule has 0 aliphatic rings. The molecule has 2 nitrogen and oxygen atoms in total. The lowest BCUT2D eigenvalue weighted by atomic mass is 9.93. The summed E-state index contributed by atoms with van der Waals surface area (Å²) >= 11 is 1.88. The minimum Gasteiger partial charge on any atom is -0.310 e. The average Bonchev–Trinajstić information content (AvgIpc) is 3.88. The number of rotatable bonds is 7. The Balaban J connectivity index is 1.10. The van der Waals surface area contributed by atoms with Crippen LogP contribution in [-0.4, -0.2) is 4.57 Å². The van der Waals surface area contributed by atoms with Crippen LogP contribution in [-0.2, 0) is 0 Å². The van der Waals surface area contributed by atoms with Crippen molar-refractivity contribution in [2.45, 2.75) is 0 Å². The summed E-state index contributed by atoms with van der Waals surface area (Å²) in [5.74, 6) is 0. The van der Waals surface area contributed by atoms with E-state index in [1.807, 2.05) is 11.3 Å². The van der Waals surface area contributed by atoms with Gasteiger partial charge in [0.05, 0.1) is 22.4 Å². The lowest BCUT2D eigenvalue weighted by Gasteiger charge is -2.28. The molecule has 0 aliphatic carbocycles. The van der Waals surface area contributed by atoms with E-state index in [0.29, 0.717) is 0 Å². The molecular weight excluding hydrogens is 757 g/mol. The predicted molar refractivity (Wildman–Crippen MR) is 262 cm³/mol. The number of thiophene rings is 1. The Morgan fingerprint density at radius 2 is 0.984 bits per heavy atom. The summed E-state index contributed by atoms with van der Waals surface area (Å²) in [5.41, 5.74) is 14.0. The summed E-state index contributed by atoms with van der Waals surface area (Å²) in [6.45, 7) is 0. The normalized spacial score (nSPS) is 11.6. The van der Waals surface area contributed by atoms with Crippen LogP contribution >= 0.6 is 11.3 Å². The molecule has 0 saturated carbocycles. The molecule has 0 atom stereocenters. The van der Waals surface area contributed by atoms with Gasteiger partial charge in [-0.3, -0.25) is 0 Å². The molecule has 0 unspecified atom stereocenters. The van der Waals surface area contributed by atoms with Crippen molar-refractivity contribution in [3.05, 3.63) is 231 Å². The Kier molecular flexibility index (Phi) is 8.39. The topological polar surface area (TPSA) is 8.17 Å². The number of fused-ring (bicyclic) bond motifs is 7. The van der Waals surface area contributed by atoms with Gasteiger partial charge in [-0.25, -0.2) is 0 Å². The second-order valence-corrected chi connectivity index (χ2v) is 16.7. The molecule has 0 spiro atoms. The van der Waals surface area contributed by atoms with E-state index < -0.39 is 0 Å². The van der Waals surface area contributed by atoms with Crippen LogP contribution in [0.4, 0.5) is 17.1 Å². The Hall–Kier alpha value is -7.72. The van der Waals surface area contributed by atoms with E-state index in [1.54, 1.807) is 0 Å². The fourth-order valence-electron chi connectivity index (χ4n) is 9.44. The molecule has 12 rings (SSSR count). The van der Waals surface area contributed by atoms with Crippen LogP contribution in [0.5, 0.6) is 0 Å². The van der Waals surface area contributed by atoms with Crippen molar-refractivity contribution in [2.75, 3.05) is 4.90 Å². The Bertz CT molecular complexity index is 3590. The fourth-order valence-corrected chi connectivity index (χ4v) is 10.7. The number of benzene rings is 10. The highest BCUT2D eigenvalue weighted by Crippen LogP contribution is 2.47. The second kappa shape index (κ2) is 14.5. The van der Waals surface area contributed by atoms with E-state index in [0.717, 1.165) is 33.8 Å². The molecule has 3 heteroatoms. The van der Waals surface area contributed by atoms with Crippen molar-refractivity contribution >= 4 is 81.1 Å². The van der Waals surface area contributed by atoms with E-state index in [-0.39, 0.29) is 0 Å². The number of hydrogen-bond donors (Lipinski definition) is 0. The molecule has 0 amide bonds. The molecule has 0 N–H and O–H groups in total. The monoisotopic (exact) mass is 794 g/mol. The van der Waals surface area contributed by atoms with Crippen LogP contribution in [0, 0.1) is 0 Å². The van der Waals surface area contributed by atoms with Gasteiger partial charge in [-0.2, -0.15) is 0 Å². The summed E-state index contributed by atoms with van der Waals surface area (Å²) in [7, 11) is 0. The third kappa shape index (κ3) is 5.85. The summed E-state index contributed by atoms with van der Waals surface area (Å²) in [6.07, 6.45) is 0. The average molecular weight is 795 g/mol. The zero-order chi connectivity index (χ0) is 40.3. The van der Waals surface area contributed by atoms with Crippen LogP contribution in [0.1, 0.15) is 0 Å². The summed E-state index contributed by atoms with van der Waals surface area (Å²) in [5, 5.41) is 7.55. The van der Waals surface area contributed by atoms with Crippen LogP contribution in [0.15, 0.2) is 231 Å². The zero-order valence-electron chi connectivity index (χ0n) is 33.2. The van der Waals surface area contributed by atoms with Crippen molar-refractivity contribution in [2.24, 2.45) is 0 Å². The highest BCUT2D eigenvalue weighted by Gasteiger charge is 2.22. The third-order valence-electron chi connectivity index (χ3n) is 12.2. The maximum absolute atomic E-state index is 2.49. The molecule has 0 fully saturated rings. The van der Waals surface area contributed by atoms with E-state index in [1.165, 1.54) is 75.1 Å². The smallest absolute Gasteiger partial charge is 0.0562 e. The second-order valence-electron chi connectivity index (χ2n) is 15.6. The molecule has 2 heterocycles. The van der Waals surface area contributed by atoms with Gasteiger partial charge in [-0.05, 0) is 82.1 Å². The first kappa shape index (κ1) is 35.2. The maximum atomic E-state index is 2.49. The lowest BCUT2D eigenvalue weighted by Crippen LogP contribution is -2.11. The van der Waals surface area contributed by atoms with E-state index in [4.69, 9.17) is 0 Å². The number of anilines is 3. The third-order valence-corrected chi connectivity index (χ3v) is 13.4. The largest absolute Gasteiger partial charge is 0.310 e. The van der Waals surface area contributed by atoms with Crippen molar-refractivity contribution in [3.8, 4) is 39.1 Å². The van der Waals surface area contributed by atoms with Crippen LogP contribution in [0.3, 0.4) is 0 Å². The number of hydrogen-bond acceptors (Lipinski definition) is 2. The Morgan fingerprint density at radius 1 is 0.344 bits per heavy atom. The van der Waals surface area contributed by atoms with Gasteiger partial charge in [0.15, 0.2) is 0 Å². The zero-order valence-corrected chi connectivity index (χ0v) is 34.1. The van der Waals surface area contributed by atoms with Gasteiger partial charge in [0.2, 0.25) is 0 Å². The molecular formula is C58H38N2S. The molecule has 61 heavy (non-hydrogen) atoms. The first-order valence-electron chi connectivity index (χ1n) is 20.8. The van der Waals surface area contributed by atoms with Crippen LogP contribution < -0.4 is 4.90 Å². The molecule has 0 radical (unpaired) electrons. The van der Waals surface area contributed by atoms with Crippen LogP contribution in [0.2, 0.25) is 0 Å². The Morgan fingerprint density at radius 3 is 1.87 bits per heavy atom. The van der Waals surface area contributed by atoms with Crippen molar-refractivity contribution in [1.82, 2.24) is 4.57 Å². The highest BCUT2D eigenvalue weighted by molar-refractivity contribution is 7.26. The van der Waals surface area contributed by atoms with Gasteiger partial charge in [0, 0.05) is 59.0 Å². The van der Waals surface area contributed by atoms with Gasteiger partial charge < -0.3 is 9.47 Å². The first-order valence-corrected chi connectivity index (χ1v) is 21.7.